The molecule has 0 heterocycles. The van der Waals surface area contributed by atoms with Gasteiger partial charge in [-0.15, -0.1) is 0 Å². The van der Waals surface area contributed by atoms with Crippen molar-refractivity contribution in [2.24, 2.45) is 0 Å². The summed E-state index contributed by atoms with van der Waals surface area (Å²) in [6.07, 6.45) is 9.17. The minimum absolute atomic E-state index is 0.480. The molecule has 0 bridgehead atoms. The first kappa shape index (κ1) is 8.06. The molecule has 1 saturated carbocycles. The maximum Gasteiger partial charge on any atom is 0.0606 e. The van der Waals surface area contributed by atoms with Crippen molar-refractivity contribution in [2.75, 3.05) is 6.61 Å². The fourth-order valence-electron chi connectivity index (χ4n) is 1.33. The van der Waals surface area contributed by atoms with Crippen LogP contribution < -0.4 is 0 Å². The molecule has 1 aliphatic rings. The molecule has 1 aliphatic carbocycles. The summed E-state index contributed by atoms with van der Waals surface area (Å²) in [5, 5.41) is 0. The Morgan fingerprint density at radius 3 is 3.00 bits per heavy atom. The van der Waals surface area contributed by atoms with Crippen LogP contribution in [0.15, 0.2) is 0 Å². The summed E-state index contributed by atoms with van der Waals surface area (Å²) < 4.78 is 5.58. The van der Waals surface area contributed by atoms with Crippen LogP contribution >= 0.6 is 0 Å². The van der Waals surface area contributed by atoms with Crippen LogP contribution in [0.2, 0.25) is 0 Å². The smallest absolute Gasteiger partial charge is 0.0606 e. The fourth-order valence-corrected chi connectivity index (χ4v) is 1.33. The highest BCUT2D eigenvalue weighted by atomic mass is 16.5. The first-order valence-corrected chi connectivity index (χ1v) is 4.38. The van der Waals surface area contributed by atoms with Gasteiger partial charge in [-0.1, -0.05) is 19.8 Å². The van der Waals surface area contributed by atoms with E-state index in [1.807, 2.05) is 0 Å². The quantitative estimate of drug-likeness (QED) is 0.587. The van der Waals surface area contributed by atoms with Crippen LogP contribution in [0.25, 0.3) is 0 Å². The van der Waals surface area contributed by atoms with Gasteiger partial charge in [-0.2, -0.15) is 0 Å². The summed E-state index contributed by atoms with van der Waals surface area (Å²) in [6.45, 7) is 3.09. The number of ether oxygens (including phenoxy) is 1. The predicted octanol–water partition coefficient (Wildman–Crippen LogP) is 2.56. The summed E-state index contributed by atoms with van der Waals surface area (Å²) in [4.78, 5) is 0. The molecule has 1 heteroatoms. The molecule has 0 aromatic rings. The monoisotopic (exact) mass is 141 g/mol. The molecule has 59 valence electrons. The van der Waals surface area contributed by atoms with Gasteiger partial charge in [0.05, 0.1) is 6.10 Å². The highest BCUT2D eigenvalue weighted by Gasteiger charge is 2.12. The second-order valence-corrected chi connectivity index (χ2v) is 2.93. The van der Waals surface area contributed by atoms with Crippen LogP contribution in [0.1, 0.15) is 39.0 Å². The predicted molar refractivity (Wildman–Crippen MR) is 42.8 cm³/mol. The molecule has 0 aromatic heterocycles. The van der Waals surface area contributed by atoms with E-state index in [0.717, 1.165) is 13.0 Å². The Morgan fingerprint density at radius 1 is 1.50 bits per heavy atom. The Hall–Kier alpha value is -0.0400. The Bertz CT molecular complexity index is 74.8. The molecule has 0 aromatic carbocycles. The van der Waals surface area contributed by atoms with Gasteiger partial charge < -0.3 is 4.74 Å². The average Bonchev–Trinajstić information content (AvgIpc) is 2.03. The number of rotatable bonds is 3. The van der Waals surface area contributed by atoms with Gasteiger partial charge in [0.1, 0.15) is 0 Å². The van der Waals surface area contributed by atoms with E-state index in [4.69, 9.17) is 4.74 Å². The van der Waals surface area contributed by atoms with E-state index in [0.29, 0.717) is 6.10 Å². The number of hydrogen-bond acceptors (Lipinski definition) is 1. The van der Waals surface area contributed by atoms with Crippen LogP contribution in [0, 0.1) is 6.42 Å². The van der Waals surface area contributed by atoms with Crippen molar-refractivity contribution in [3.05, 3.63) is 6.42 Å². The Balaban J connectivity index is 2.02. The van der Waals surface area contributed by atoms with Gasteiger partial charge in [0, 0.05) is 6.61 Å². The zero-order valence-electron chi connectivity index (χ0n) is 6.81. The van der Waals surface area contributed by atoms with Gasteiger partial charge in [-0.05, 0) is 25.7 Å². The maximum atomic E-state index is 5.58. The average molecular weight is 141 g/mol. The molecule has 0 aliphatic heterocycles. The van der Waals surface area contributed by atoms with Crippen LogP contribution in [-0.4, -0.2) is 12.7 Å². The largest absolute Gasteiger partial charge is 0.378 e. The molecule has 10 heavy (non-hydrogen) atoms. The van der Waals surface area contributed by atoms with E-state index in [2.05, 4.69) is 13.3 Å². The van der Waals surface area contributed by atoms with Crippen LogP contribution in [0.4, 0.5) is 0 Å². The molecule has 1 fully saturated rings. The van der Waals surface area contributed by atoms with Crippen LogP contribution in [0.5, 0.6) is 0 Å². The van der Waals surface area contributed by atoms with E-state index in [1.165, 1.54) is 25.7 Å². The van der Waals surface area contributed by atoms with E-state index < -0.39 is 0 Å². The summed E-state index contributed by atoms with van der Waals surface area (Å²) in [7, 11) is 0. The van der Waals surface area contributed by atoms with E-state index >= 15 is 0 Å². The zero-order valence-corrected chi connectivity index (χ0v) is 6.81. The van der Waals surface area contributed by atoms with Crippen molar-refractivity contribution in [1.82, 2.24) is 0 Å². The maximum absolute atomic E-state index is 5.58. The lowest BCUT2D eigenvalue weighted by Gasteiger charge is -2.21. The van der Waals surface area contributed by atoms with E-state index in [-0.39, 0.29) is 0 Å². The molecule has 0 spiro atoms. The highest BCUT2D eigenvalue weighted by molar-refractivity contribution is 4.81. The molecular formula is C9H17O. The Morgan fingerprint density at radius 2 is 2.40 bits per heavy atom. The van der Waals surface area contributed by atoms with Crippen molar-refractivity contribution in [2.45, 2.75) is 45.1 Å². The zero-order chi connectivity index (χ0) is 7.23. The molecule has 1 rings (SSSR count). The second-order valence-electron chi connectivity index (χ2n) is 2.93. The van der Waals surface area contributed by atoms with Crippen molar-refractivity contribution in [1.29, 1.82) is 0 Å². The van der Waals surface area contributed by atoms with Gasteiger partial charge in [0.25, 0.3) is 0 Å². The Labute approximate surface area is 63.8 Å². The lowest BCUT2D eigenvalue weighted by Crippen LogP contribution is -2.17. The molecule has 0 N–H and O–H groups in total. The van der Waals surface area contributed by atoms with Crippen LogP contribution in [-0.2, 0) is 4.74 Å². The van der Waals surface area contributed by atoms with Gasteiger partial charge in [0.15, 0.2) is 0 Å². The third kappa shape index (κ3) is 2.70. The van der Waals surface area contributed by atoms with Gasteiger partial charge in [-0.3, -0.25) is 0 Å². The highest BCUT2D eigenvalue weighted by Crippen LogP contribution is 2.19. The topological polar surface area (TPSA) is 9.23 Å². The minimum Gasteiger partial charge on any atom is -0.378 e. The van der Waals surface area contributed by atoms with E-state index in [9.17, 15) is 0 Å². The summed E-state index contributed by atoms with van der Waals surface area (Å²) in [6, 6.07) is 0. The second kappa shape index (κ2) is 4.73. The first-order chi connectivity index (χ1) is 4.93. The van der Waals surface area contributed by atoms with Crippen LogP contribution in [0.3, 0.4) is 0 Å². The third-order valence-electron chi connectivity index (χ3n) is 1.91. The number of hydrogen-bond donors (Lipinski definition) is 0. The molecule has 1 atom stereocenters. The molecule has 0 saturated heterocycles. The molecular weight excluding hydrogens is 124 g/mol. The minimum atomic E-state index is 0.480. The lowest BCUT2D eigenvalue weighted by molar-refractivity contribution is 0.0580. The molecule has 1 radical (unpaired) electrons. The summed E-state index contributed by atoms with van der Waals surface area (Å²) >= 11 is 0. The Kier molecular flexibility index (Phi) is 3.81. The molecule has 1 unspecified atom stereocenters. The molecule has 1 nitrogen and oxygen atoms in total. The van der Waals surface area contributed by atoms with E-state index in [1.54, 1.807) is 0 Å². The standard InChI is InChI=1S/C9H17O/c1-2-8-10-9-6-4-3-5-7-9/h6,9H,2-5,7-8H2,1H3. The van der Waals surface area contributed by atoms with Crippen molar-refractivity contribution in [3.8, 4) is 0 Å². The van der Waals surface area contributed by atoms with Crippen molar-refractivity contribution in [3.63, 3.8) is 0 Å². The SMILES string of the molecule is CCCOC1[CH]CCCC1. The van der Waals surface area contributed by atoms with Crippen molar-refractivity contribution >= 4 is 0 Å². The summed E-state index contributed by atoms with van der Waals surface area (Å²) in [5.74, 6) is 0. The fraction of sp³-hybridized carbons (Fsp3) is 0.889. The first-order valence-electron chi connectivity index (χ1n) is 4.38. The van der Waals surface area contributed by atoms with Gasteiger partial charge in [-0.25, -0.2) is 0 Å². The third-order valence-corrected chi connectivity index (χ3v) is 1.91. The lowest BCUT2D eigenvalue weighted by atomic mass is 9.98. The molecule has 0 amide bonds. The van der Waals surface area contributed by atoms with Gasteiger partial charge >= 0.3 is 0 Å². The normalized spacial score (nSPS) is 21.3. The summed E-state index contributed by atoms with van der Waals surface area (Å²) in [5.41, 5.74) is 0. The van der Waals surface area contributed by atoms with Gasteiger partial charge in [0.2, 0.25) is 0 Å². The van der Waals surface area contributed by atoms with Crippen molar-refractivity contribution < 1.29 is 4.74 Å².